The third-order valence-corrected chi connectivity index (χ3v) is 7.62. The zero-order chi connectivity index (χ0) is 25.6. The van der Waals surface area contributed by atoms with Crippen LogP contribution in [-0.4, -0.2) is 54.2 Å². The molecule has 2 amide bonds. The normalized spacial score (nSPS) is 16.1. The maximum Gasteiger partial charge on any atom is 0.254 e. The minimum absolute atomic E-state index is 0.00977. The van der Waals surface area contributed by atoms with Crippen LogP contribution in [0, 0.1) is 0 Å². The van der Waals surface area contributed by atoms with Crippen LogP contribution in [0.2, 0.25) is 0 Å². The zero-order valence-corrected chi connectivity index (χ0v) is 21.9. The molecule has 5 rings (SSSR count). The molecule has 37 heavy (non-hydrogen) atoms. The van der Waals surface area contributed by atoms with Gasteiger partial charge in [0.15, 0.2) is 11.5 Å². The highest BCUT2D eigenvalue weighted by atomic mass is 32.1. The number of carbonyl (C=O) groups excluding carboxylic acids is 2. The standard InChI is InChI=1S/C29H32N2O5S/c1-2-21-7-10-23(11-8-21)29(33)31(17-24-5-3-13-34-24)19-28(32)30(18-25-6-4-14-37-25)16-22-9-12-26-27(15-22)36-20-35-26/h4,6-12,14-15,24H,2-3,5,13,16-20H2,1H3. The molecule has 0 spiro atoms. The molecule has 2 aliphatic heterocycles. The summed E-state index contributed by atoms with van der Waals surface area (Å²) < 4.78 is 16.8. The summed E-state index contributed by atoms with van der Waals surface area (Å²) in [5, 5.41) is 2.01. The molecule has 1 saturated heterocycles. The Morgan fingerprint density at radius 2 is 1.78 bits per heavy atom. The van der Waals surface area contributed by atoms with Crippen LogP contribution in [0.4, 0.5) is 0 Å². The van der Waals surface area contributed by atoms with Crippen molar-refractivity contribution >= 4 is 23.2 Å². The second-order valence-corrected chi connectivity index (χ2v) is 10.4. The summed E-state index contributed by atoms with van der Waals surface area (Å²) in [6.07, 6.45) is 2.72. The second-order valence-electron chi connectivity index (χ2n) is 9.39. The van der Waals surface area contributed by atoms with E-state index in [0.29, 0.717) is 43.3 Å². The summed E-state index contributed by atoms with van der Waals surface area (Å²) in [7, 11) is 0. The lowest BCUT2D eigenvalue weighted by molar-refractivity contribution is -0.133. The van der Waals surface area contributed by atoms with Gasteiger partial charge >= 0.3 is 0 Å². The Labute approximate surface area is 221 Å². The molecule has 0 aliphatic carbocycles. The highest BCUT2D eigenvalue weighted by molar-refractivity contribution is 7.09. The van der Waals surface area contributed by atoms with Gasteiger partial charge in [0.1, 0.15) is 6.54 Å². The first-order chi connectivity index (χ1) is 18.1. The lowest BCUT2D eigenvalue weighted by atomic mass is 10.1. The van der Waals surface area contributed by atoms with Crippen molar-refractivity contribution < 1.29 is 23.8 Å². The SMILES string of the molecule is CCc1ccc(C(=O)N(CC(=O)N(Cc2ccc3c(c2)OCO3)Cc2cccs2)CC2CCCO2)cc1. The molecule has 1 fully saturated rings. The van der Waals surface area contributed by atoms with Crippen molar-refractivity contribution in [1.82, 2.24) is 9.80 Å². The van der Waals surface area contributed by atoms with Crippen LogP contribution in [0.1, 0.15) is 46.1 Å². The number of hydrogen-bond acceptors (Lipinski definition) is 6. The molecule has 3 aromatic rings. The lowest BCUT2D eigenvalue weighted by Gasteiger charge is -2.29. The molecule has 3 heterocycles. The molecule has 2 aromatic carbocycles. The van der Waals surface area contributed by atoms with Gasteiger partial charge in [-0.3, -0.25) is 9.59 Å². The average molecular weight is 521 g/mol. The van der Waals surface area contributed by atoms with Gasteiger partial charge in [0.05, 0.1) is 12.6 Å². The van der Waals surface area contributed by atoms with E-state index in [2.05, 4.69) is 6.92 Å². The minimum atomic E-state index is -0.148. The van der Waals surface area contributed by atoms with Crippen molar-refractivity contribution in [2.75, 3.05) is 26.5 Å². The number of amides is 2. The number of ether oxygens (including phenoxy) is 3. The van der Waals surface area contributed by atoms with Crippen LogP contribution >= 0.6 is 11.3 Å². The van der Waals surface area contributed by atoms with Gasteiger partial charge in [0.25, 0.3) is 5.91 Å². The average Bonchev–Trinajstić information content (AvgIpc) is 3.71. The molecule has 2 aliphatic rings. The van der Waals surface area contributed by atoms with E-state index in [0.717, 1.165) is 29.7 Å². The highest BCUT2D eigenvalue weighted by Crippen LogP contribution is 2.33. The van der Waals surface area contributed by atoms with Crippen molar-refractivity contribution in [2.45, 2.75) is 45.4 Å². The summed E-state index contributed by atoms with van der Waals surface area (Å²) >= 11 is 1.61. The van der Waals surface area contributed by atoms with Crippen molar-refractivity contribution in [3.63, 3.8) is 0 Å². The molecule has 1 unspecified atom stereocenters. The second kappa shape index (κ2) is 11.8. The molecule has 194 valence electrons. The third kappa shape index (κ3) is 6.32. The van der Waals surface area contributed by atoms with Gasteiger partial charge < -0.3 is 24.0 Å². The van der Waals surface area contributed by atoms with Gasteiger partial charge in [-0.1, -0.05) is 31.2 Å². The van der Waals surface area contributed by atoms with Gasteiger partial charge in [0, 0.05) is 30.1 Å². The number of fused-ring (bicyclic) bond motifs is 1. The third-order valence-electron chi connectivity index (χ3n) is 6.76. The first-order valence-electron chi connectivity index (χ1n) is 12.8. The Balaban J connectivity index is 1.36. The van der Waals surface area contributed by atoms with Crippen molar-refractivity contribution in [3.05, 3.63) is 81.5 Å². The molecule has 0 radical (unpaired) electrons. The Morgan fingerprint density at radius 3 is 2.51 bits per heavy atom. The van der Waals surface area contributed by atoms with Gasteiger partial charge in [-0.05, 0) is 66.1 Å². The van der Waals surface area contributed by atoms with Crippen LogP contribution in [0.25, 0.3) is 0 Å². The topological polar surface area (TPSA) is 68.3 Å². The number of aryl methyl sites for hydroxylation is 1. The number of nitrogens with zero attached hydrogens (tertiary/aromatic N) is 2. The van der Waals surface area contributed by atoms with Gasteiger partial charge in [-0.15, -0.1) is 11.3 Å². The molecular formula is C29H32N2O5S. The molecule has 0 bridgehead atoms. The van der Waals surface area contributed by atoms with Gasteiger partial charge in [0.2, 0.25) is 12.7 Å². The lowest BCUT2D eigenvalue weighted by Crippen LogP contribution is -2.45. The quantitative estimate of drug-likeness (QED) is 0.381. The molecular weight excluding hydrogens is 488 g/mol. The van der Waals surface area contributed by atoms with Gasteiger partial charge in [-0.2, -0.15) is 0 Å². The number of carbonyl (C=O) groups is 2. The zero-order valence-electron chi connectivity index (χ0n) is 21.1. The highest BCUT2D eigenvalue weighted by Gasteiger charge is 2.27. The fraction of sp³-hybridized carbons (Fsp3) is 0.379. The van der Waals surface area contributed by atoms with E-state index >= 15 is 0 Å². The van der Waals surface area contributed by atoms with Crippen molar-refractivity contribution in [3.8, 4) is 11.5 Å². The van der Waals surface area contributed by atoms with Crippen LogP contribution < -0.4 is 9.47 Å². The maximum absolute atomic E-state index is 13.8. The van der Waals surface area contributed by atoms with E-state index in [-0.39, 0.29) is 31.3 Å². The van der Waals surface area contributed by atoms with E-state index in [9.17, 15) is 9.59 Å². The predicted octanol–water partition coefficient (Wildman–Crippen LogP) is 4.89. The number of hydrogen-bond donors (Lipinski definition) is 0. The smallest absolute Gasteiger partial charge is 0.254 e. The number of benzene rings is 2. The fourth-order valence-corrected chi connectivity index (χ4v) is 5.38. The van der Waals surface area contributed by atoms with Crippen LogP contribution in [-0.2, 0) is 29.0 Å². The minimum Gasteiger partial charge on any atom is -0.454 e. The number of rotatable bonds is 10. The van der Waals surface area contributed by atoms with Gasteiger partial charge in [-0.25, -0.2) is 0 Å². The summed E-state index contributed by atoms with van der Waals surface area (Å²) in [6, 6.07) is 17.4. The summed E-state index contributed by atoms with van der Waals surface area (Å²) in [5.74, 6) is 1.14. The first-order valence-corrected chi connectivity index (χ1v) is 13.7. The maximum atomic E-state index is 13.8. The van der Waals surface area contributed by atoms with E-state index in [1.807, 2.05) is 60.0 Å². The predicted molar refractivity (Wildman–Crippen MR) is 142 cm³/mol. The van der Waals surface area contributed by atoms with Crippen LogP contribution in [0.3, 0.4) is 0 Å². The van der Waals surface area contributed by atoms with Crippen molar-refractivity contribution in [1.29, 1.82) is 0 Å². The van der Waals surface area contributed by atoms with E-state index in [1.165, 1.54) is 5.56 Å². The molecule has 8 heteroatoms. The molecule has 0 saturated carbocycles. The summed E-state index contributed by atoms with van der Waals surface area (Å²) in [6.45, 7) is 4.25. The van der Waals surface area contributed by atoms with E-state index < -0.39 is 0 Å². The Morgan fingerprint density at radius 1 is 0.973 bits per heavy atom. The van der Waals surface area contributed by atoms with E-state index in [1.54, 1.807) is 21.1 Å². The molecule has 0 N–H and O–H groups in total. The van der Waals surface area contributed by atoms with Crippen LogP contribution in [0.5, 0.6) is 11.5 Å². The molecule has 1 atom stereocenters. The number of thiophene rings is 1. The summed E-state index contributed by atoms with van der Waals surface area (Å²) in [5.41, 5.74) is 2.70. The molecule has 7 nitrogen and oxygen atoms in total. The first kappa shape index (κ1) is 25.3. The van der Waals surface area contributed by atoms with E-state index in [4.69, 9.17) is 14.2 Å². The van der Waals surface area contributed by atoms with Crippen LogP contribution in [0.15, 0.2) is 60.0 Å². The Hall–Kier alpha value is -3.36. The van der Waals surface area contributed by atoms with Crippen molar-refractivity contribution in [2.24, 2.45) is 0 Å². The monoisotopic (exact) mass is 520 g/mol. The fourth-order valence-electron chi connectivity index (χ4n) is 4.66. The Kier molecular flexibility index (Phi) is 8.06. The summed E-state index contributed by atoms with van der Waals surface area (Å²) in [4.78, 5) is 31.9. The Bertz CT molecular complexity index is 1210. The molecule has 1 aromatic heterocycles. The largest absolute Gasteiger partial charge is 0.454 e.